The Bertz CT molecular complexity index is 868. The average molecular weight is 369 g/mol. The summed E-state index contributed by atoms with van der Waals surface area (Å²) < 4.78 is 7.66. The van der Waals surface area contributed by atoms with Crippen LogP contribution in [0.15, 0.2) is 33.9 Å². The molecule has 0 bridgehead atoms. The number of aryl methyl sites for hydroxylation is 1. The first-order valence-electron chi connectivity index (χ1n) is 9.18. The number of hydrogen-bond acceptors (Lipinski definition) is 6. The van der Waals surface area contributed by atoms with Gasteiger partial charge >= 0.3 is 0 Å². The second-order valence-electron chi connectivity index (χ2n) is 6.94. The molecule has 3 heterocycles. The number of rotatable bonds is 5. The summed E-state index contributed by atoms with van der Waals surface area (Å²) in [6.45, 7) is 5.37. The summed E-state index contributed by atoms with van der Waals surface area (Å²) in [6.07, 6.45) is 4.67. The number of thioether (sulfide) groups is 1. The molecule has 0 radical (unpaired) electrons. The maximum absolute atomic E-state index is 5.42. The molecule has 1 aliphatic rings. The van der Waals surface area contributed by atoms with Crippen LogP contribution >= 0.6 is 11.8 Å². The predicted octanol–water partition coefficient (Wildman–Crippen LogP) is 4.47. The number of hydrogen-bond donors (Lipinski definition) is 0. The molecule has 26 heavy (non-hydrogen) atoms. The molecular formula is C19H23N5OS. The second-order valence-corrected chi connectivity index (χ2v) is 7.88. The molecule has 4 rings (SSSR count). The summed E-state index contributed by atoms with van der Waals surface area (Å²) in [5, 5.41) is 13.7. The molecule has 1 aliphatic heterocycles. The van der Waals surface area contributed by atoms with Gasteiger partial charge in [0, 0.05) is 18.5 Å². The van der Waals surface area contributed by atoms with Crippen LogP contribution in [0.5, 0.6) is 0 Å². The van der Waals surface area contributed by atoms with Gasteiger partial charge in [0.25, 0.3) is 0 Å². The van der Waals surface area contributed by atoms with Crippen LogP contribution in [0.4, 0.5) is 0 Å². The zero-order valence-electron chi connectivity index (χ0n) is 15.2. The highest BCUT2D eigenvalue weighted by atomic mass is 32.2. The molecule has 3 aromatic rings. The largest absolute Gasteiger partial charge is 0.338 e. The van der Waals surface area contributed by atoms with Crippen molar-refractivity contribution in [1.82, 2.24) is 24.9 Å². The minimum absolute atomic E-state index is 0.513. The quantitative estimate of drug-likeness (QED) is 0.618. The van der Waals surface area contributed by atoms with Crippen LogP contribution in [0.2, 0.25) is 0 Å². The second kappa shape index (κ2) is 7.61. The minimum Gasteiger partial charge on any atom is -0.338 e. The van der Waals surface area contributed by atoms with E-state index in [4.69, 9.17) is 4.52 Å². The molecule has 0 fully saturated rings. The number of nitrogens with zero attached hydrogens (tertiary/aromatic N) is 5. The summed E-state index contributed by atoms with van der Waals surface area (Å²) in [5.74, 6) is 3.47. The van der Waals surface area contributed by atoms with E-state index >= 15 is 0 Å². The maximum atomic E-state index is 5.42. The molecule has 136 valence electrons. The lowest BCUT2D eigenvalue weighted by atomic mass is 10.0. The number of benzene rings is 1. The summed E-state index contributed by atoms with van der Waals surface area (Å²) >= 11 is 1.61. The van der Waals surface area contributed by atoms with Gasteiger partial charge < -0.3 is 9.09 Å². The normalized spacial score (nSPS) is 14.4. The van der Waals surface area contributed by atoms with Crippen molar-refractivity contribution in [3.05, 3.63) is 41.5 Å². The first kappa shape index (κ1) is 17.3. The first-order chi connectivity index (χ1) is 12.7. The van der Waals surface area contributed by atoms with Crippen LogP contribution in [0.25, 0.3) is 11.4 Å². The van der Waals surface area contributed by atoms with Crippen molar-refractivity contribution in [3.63, 3.8) is 0 Å². The lowest BCUT2D eigenvalue weighted by Crippen LogP contribution is -2.02. The third kappa shape index (κ3) is 3.67. The predicted molar refractivity (Wildman–Crippen MR) is 101 cm³/mol. The molecule has 1 aromatic carbocycles. The van der Waals surface area contributed by atoms with E-state index in [1.807, 2.05) is 0 Å². The molecule has 0 atom stereocenters. The van der Waals surface area contributed by atoms with Crippen molar-refractivity contribution in [2.45, 2.75) is 62.9 Å². The minimum atomic E-state index is 0.513. The zero-order chi connectivity index (χ0) is 17.9. The zero-order valence-corrected chi connectivity index (χ0v) is 16.0. The number of aromatic nitrogens is 5. The molecule has 7 heteroatoms. The smallest absolute Gasteiger partial charge is 0.237 e. The van der Waals surface area contributed by atoms with Gasteiger partial charge in [-0.1, -0.05) is 61.5 Å². The van der Waals surface area contributed by atoms with Crippen molar-refractivity contribution in [1.29, 1.82) is 0 Å². The van der Waals surface area contributed by atoms with Crippen LogP contribution < -0.4 is 0 Å². The fourth-order valence-electron chi connectivity index (χ4n) is 3.14. The number of fused-ring (bicyclic) bond motifs is 1. The molecule has 0 unspecified atom stereocenters. The van der Waals surface area contributed by atoms with Crippen LogP contribution in [-0.2, 0) is 18.7 Å². The molecular weight excluding hydrogens is 346 g/mol. The fraction of sp³-hybridized carbons (Fsp3) is 0.474. The Hall–Kier alpha value is -2.15. The molecule has 0 amide bonds. The van der Waals surface area contributed by atoms with Gasteiger partial charge in [-0.05, 0) is 24.3 Å². The van der Waals surface area contributed by atoms with Crippen LogP contribution in [0.3, 0.4) is 0 Å². The lowest BCUT2D eigenvalue weighted by molar-refractivity contribution is 0.391. The van der Waals surface area contributed by atoms with Gasteiger partial charge in [-0.2, -0.15) is 4.98 Å². The Balaban J connectivity index is 1.43. The topological polar surface area (TPSA) is 69.6 Å². The Morgan fingerprint density at radius 3 is 2.77 bits per heavy atom. The van der Waals surface area contributed by atoms with Gasteiger partial charge in [0.2, 0.25) is 11.7 Å². The third-order valence-corrected chi connectivity index (χ3v) is 5.66. The molecule has 2 aromatic heterocycles. The van der Waals surface area contributed by atoms with E-state index < -0.39 is 0 Å². The van der Waals surface area contributed by atoms with Crippen LogP contribution in [0, 0.1) is 0 Å². The van der Waals surface area contributed by atoms with E-state index in [1.165, 1.54) is 24.8 Å². The SMILES string of the molecule is CC(C)c1ccc(-c2noc(CSc3nnc4n3CCCCC4)n2)cc1. The molecule has 0 aliphatic carbocycles. The maximum Gasteiger partial charge on any atom is 0.237 e. The van der Waals surface area contributed by atoms with Crippen molar-refractivity contribution < 1.29 is 4.52 Å². The summed E-state index contributed by atoms with van der Waals surface area (Å²) in [6, 6.07) is 8.34. The Kier molecular flexibility index (Phi) is 5.06. The van der Waals surface area contributed by atoms with E-state index in [-0.39, 0.29) is 0 Å². The van der Waals surface area contributed by atoms with Crippen molar-refractivity contribution in [3.8, 4) is 11.4 Å². The highest BCUT2D eigenvalue weighted by Crippen LogP contribution is 2.26. The highest BCUT2D eigenvalue weighted by molar-refractivity contribution is 7.98. The van der Waals surface area contributed by atoms with Gasteiger partial charge in [0.1, 0.15) is 5.82 Å². The summed E-state index contributed by atoms with van der Waals surface area (Å²) in [5.41, 5.74) is 2.28. The molecule has 0 saturated carbocycles. The van der Waals surface area contributed by atoms with Gasteiger partial charge in [0.05, 0.1) is 5.75 Å². The van der Waals surface area contributed by atoms with Gasteiger partial charge in [0.15, 0.2) is 5.16 Å². The van der Waals surface area contributed by atoms with E-state index in [0.717, 1.165) is 29.5 Å². The van der Waals surface area contributed by atoms with E-state index in [0.29, 0.717) is 23.4 Å². The van der Waals surface area contributed by atoms with Gasteiger partial charge in [-0.25, -0.2) is 0 Å². The van der Waals surface area contributed by atoms with Crippen molar-refractivity contribution in [2.75, 3.05) is 0 Å². The fourth-order valence-corrected chi connectivity index (χ4v) is 3.96. The molecule has 0 N–H and O–H groups in total. The van der Waals surface area contributed by atoms with Crippen molar-refractivity contribution in [2.24, 2.45) is 0 Å². The molecule has 0 spiro atoms. The van der Waals surface area contributed by atoms with Gasteiger partial charge in [-0.3, -0.25) is 0 Å². The molecule has 0 saturated heterocycles. The third-order valence-electron chi connectivity index (χ3n) is 4.70. The summed E-state index contributed by atoms with van der Waals surface area (Å²) in [4.78, 5) is 4.53. The lowest BCUT2D eigenvalue weighted by Gasteiger charge is -2.05. The Morgan fingerprint density at radius 2 is 1.96 bits per heavy atom. The average Bonchev–Trinajstić information content (AvgIpc) is 3.21. The monoisotopic (exact) mass is 369 g/mol. The highest BCUT2D eigenvalue weighted by Gasteiger charge is 2.16. The van der Waals surface area contributed by atoms with Crippen LogP contribution in [0.1, 0.15) is 56.3 Å². The Labute approximate surface area is 157 Å². The van der Waals surface area contributed by atoms with E-state index in [9.17, 15) is 0 Å². The van der Waals surface area contributed by atoms with Gasteiger partial charge in [-0.15, -0.1) is 10.2 Å². The van der Waals surface area contributed by atoms with E-state index in [1.54, 1.807) is 11.8 Å². The molecule has 6 nitrogen and oxygen atoms in total. The van der Waals surface area contributed by atoms with Crippen LogP contribution in [-0.4, -0.2) is 24.9 Å². The van der Waals surface area contributed by atoms with E-state index in [2.05, 4.69) is 63.0 Å². The summed E-state index contributed by atoms with van der Waals surface area (Å²) in [7, 11) is 0. The Morgan fingerprint density at radius 1 is 1.12 bits per heavy atom. The first-order valence-corrected chi connectivity index (χ1v) is 10.2. The van der Waals surface area contributed by atoms with Crippen molar-refractivity contribution >= 4 is 11.8 Å². The standard InChI is InChI=1S/C19H23N5OS/c1-13(2)14-7-9-15(10-8-14)18-20-17(25-23-18)12-26-19-22-21-16-6-4-3-5-11-24(16)19/h7-10,13H,3-6,11-12H2,1-2H3.